The Hall–Kier alpha value is -2.07. The highest BCUT2D eigenvalue weighted by Crippen LogP contribution is 2.25. The number of carbonyl (C=O) groups excluding carboxylic acids is 1. The molecule has 1 heterocycles. The molecule has 1 aromatic carbocycles. The van der Waals surface area contributed by atoms with Crippen LogP contribution in [0.5, 0.6) is 5.75 Å². The molecule has 1 aliphatic heterocycles. The van der Waals surface area contributed by atoms with E-state index in [0.717, 1.165) is 17.5 Å². The summed E-state index contributed by atoms with van der Waals surface area (Å²) >= 11 is 0. The van der Waals surface area contributed by atoms with Crippen molar-refractivity contribution in [2.75, 3.05) is 19.6 Å². The lowest BCUT2D eigenvalue weighted by atomic mass is 10.1. The van der Waals surface area contributed by atoms with Crippen molar-refractivity contribution in [2.45, 2.75) is 12.8 Å². The van der Waals surface area contributed by atoms with E-state index in [2.05, 4.69) is 16.0 Å². The van der Waals surface area contributed by atoms with E-state index in [4.69, 9.17) is 0 Å². The normalized spacial score (nSPS) is 18.2. The van der Waals surface area contributed by atoms with Crippen molar-refractivity contribution in [1.29, 1.82) is 0 Å². The van der Waals surface area contributed by atoms with E-state index >= 15 is 0 Å². The SMILES string of the molecule is C=CS(=O)(=O)NCC1CCN(C(=O)c2cccc(OC(F)(F)F)c2)C1. The number of hydrogen-bond donors (Lipinski definition) is 1. The molecule has 0 spiro atoms. The third-order valence-electron chi connectivity index (χ3n) is 3.68. The molecule has 1 amide bonds. The van der Waals surface area contributed by atoms with Gasteiger partial charge in [-0.1, -0.05) is 12.6 Å². The van der Waals surface area contributed by atoms with Gasteiger partial charge in [0.1, 0.15) is 5.75 Å². The van der Waals surface area contributed by atoms with E-state index in [-0.39, 0.29) is 18.0 Å². The fourth-order valence-corrected chi connectivity index (χ4v) is 3.07. The minimum Gasteiger partial charge on any atom is -0.406 e. The molecule has 1 N–H and O–H groups in total. The minimum atomic E-state index is -4.83. The number of hydrogen-bond acceptors (Lipinski definition) is 4. The van der Waals surface area contributed by atoms with Crippen LogP contribution < -0.4 is 9.46 Å². The second-order valence-corrected chi connectivity index (χ2v) is 7.25. The van der Waals surface area contributed by atoms with E-state index in [9.17, 15) is 26.4 Å². The average Bonchev–Trinajstić information content (AvgIpc) is 3.00. The van der Waals surface area contributed by atoms with Gasteiger partial charge in [-0.25, -0.2) is 13.1 Å². The summed E-state index contributed by atoms with van der Waals surface area (Å²) in [6.45, 7) is 4.05. The molecule has 0 aliphatic carbocycles. The molecule has 0 aromatic heterocycles. The molecule has 1 atom stereocenters. The van der Waals surface area contributed by atoms with Crippen LogP contribution in [0.15, 0.2) is 36.3 Å². The Balaban J connectivity index is 1.98. The van der Waals surface area contributed by atoms with Crippen LogP contribution in [0.4, 0.5) is 13.2 Å². The fourth-order valence-electron chi connectivity index (χ4n) is 2.49. The van der Waals surface area contributed by atoms with E-state index < -0.39 is 28.0 Å². The number of nitrogens with zero attached hydrogens (tertiary/aromatic N) is 1. The quantitative estimate of drug-likeness (QED) is 0.823. The molecule has 25 heavy (non-hydrogen) atoms. The Bertz CT molecular complexity index is 749. The molecule has 1 fully saturated rings. The standard InChI is InChI=1S/C15H17F3N2O4S/c1-2-25(22,23)19-9-11-6-7-20(10-11)14(21)12-4-3-5-13(8-12)24-15(16,17)18/h2-5,8,11,19H,1,6-7,9-10H2. The Morgan fingerprint density at radius 1 is 1.44 bits per heavy atom. The van der Waals surface area contributed by atoms with E-state index in [1.165, 1.54) is 17.0 Å². The van der Waals surface area contributed by atoms with Crippen molar-refractivity contribution in [3.05, 3.63) is 41.8 Å². The zero-order valence-corrected chi connectivity index (χ0v) is 13.9. The fraction of sp³-hybridized carbons (Fsp3) is 0.400. The molecule has 1 saturated heterocycles. The lowest BCUT2D eigenvalue weighted by Crippen LogP contribution is -2.32. The molecule has 0 radical (unpaired) electrons. The van der Waals surface area contributed by atoms with Gasteiger partial charge in [0.2, 0.25) is 10.0 Å². The highest BCUT2D eigenvalue weighted by atomic mass is 32.2. The van der Waals surface area contributed by atoms with Crippen LogP contribution in [0.2, 0.25) is 0 Å². The van der Waals surface area contributed by atoms with Gasteiger partial charge in [-0.3, -0.25) is 4.79 Å². The molecule has 1 aromatic rings. The molecular formula is C15H17F3N2O4S. The summed E-state index contributed by atoms with van der Waals surface area (Å²) in [5, 5.41) is 0.803. The second kappa shape index (κ2) is 7.44. The first-order valence-electron chi connectivity index (χ1n) is 7.37. The van der Waals surface area contributed by atoms with E-state index in [1.807, 2.05) is 0 Å². The van der Waals surface area contributed by atoms with Crippen LogP contribution in [0.3, 0.4) is 0 Å². The van der Waals surface area contributed by atoms with Gasteiger partial charge in [0, 0.05) is 30.6 Å². The molecule has 2 rings (SSSR count). The molecule has 0 bridgehead atoms. The van der Waals surface area contributed by atoms with Crippen LogP contribution in [-0.2, 0) is 10.0 Å². The summed E-state index contributed by atoms with van der Waals surface area (Å²) in [5.41, 5.74) is 0.0778. The van der Waals surface area contributed by atoms with Crippen molar-refractivity contribution in [3.8, 4) is 5.75 Å². The number of halogens is 3. The predicted octanol–water partition coefficient (Wildman–Crippen LogP) is 2.11. The number of carbonyl (C=O) groups is 1. The maximum absolute atomic E-state index is 12.4. The Morgan fingerprint density at radius 2 is 2.16 bits per heavy atom. The molecular weight excluding hydrogens is 361 g/mol. The summed E-state index contributed by atoms with van der Waals surface area (Å²) in [4.78, 5) is 13.9. The van der Waals surface area contributed by atoms with Crippen LogP contribution in [0, 0.1) is 5.92 Å². The van der Waals surface area contributed by atoms with Gasteiger partial charge in [0.05, 0.1) is 0 Å². The second-order valence-electron chi connectivity index (χ2n) is 5.54. The van der Waals surface area contributed by atoms with Crippen LogP contribution in [0.25, 0.3) is 0 Å². The Kier molecular flexibility index (Phi) is 5.73. The molecule has 0 saturated carbocycles. The highest BCUT2D eigenvalue weighted by Gasteiger charge is 2.32. The van der Waals surface area contributed by atoms with Crippen LogP contribution in [0.1, 0.15) is 16.8 Å². The number of alkyl halides is 3. The van der Waals surface area contributed by atoms with Gasteiger partial charge in [0.15, 0.2) is 0 Å². The number of ether oxygens (including phenoxy) is 1. The highest BCUT2D eigenvalue weighted by molar-refractivity contribution is 7.92. The third-order valence-corrected chi connectivity index (χ3v) is 4.69. The zero-order chi connectivity index (χ0) is 18.7. The first-order valence-corrected chi connectivity index (χ1v) is 8.91. The van der Waals surface area contributed by atoms with Crippen molar-refractivity contribution in [2.24, 2.45) is 5.92 Å². The largest absolute Gasteiger partial charge is 0.573 e. The Morgan fingerprint density at radius 3 is 2.80 bits per heavy atom. The van der Waals surface area contributed by atoms with Gasteiger partial charge in [-0.05, 0) is 30.5 Å². The van der Waals surface area contributed by atoms with Gasteiger partial charge in [0.25, 0.3) is 5.91 Å². The number of benzene rings is 1. The molecule has 6 nitrogen and oxygen atoms in total. The van der Waals surface area contributed by atoms with E-state index in [1.54, 1.807) is 0 Å². The number of sulfonamides is 1. The maximum atomic E-state index is 12.4. The van der Waals surface area contributed by atoms with Crippen molar-refractivity contribution in [3.63, 3.8) is 0 Å². The molecule has 138 valence electrons. The zero-order valence-electron chi connectivity index (χ0n) is 13.1. The van der Waals surface area contributed by atoms with Gasteiger partial charge >= 0.3 is 6.36 Å². The smallest absolute Gasteiger partial charge is 0.406 e. The van der Waals surface area contributed by atoms with Crippen molar-refractivity contribution in [1.82, 2.24) is 9.62 Å². The summed E-state index contributed by atoms with van der Waals surface area (Å²) in [6.07, 6.45) is -4.24. The van der Waals surface area contributed by atoms with Crippen molar-refractivity contribution >= 4 is 15.9 Å². The molecule has 1 unspecified atom stereocenters. The predicted molar refractivity (Wildman–Crippen MR) is 84.3 cm³/mol. The maximum Gasteiger partial charge on any atom is 0.573 e. The average molecular weight is 378 g/mol. The first kappa shape index (κ1) is 19.3. The topological polar surface area (TPSA) is 75.7 Å². The van der Waals surface area contributed by atoms with Crippen molar-refractivity contribution < 1.29 is 31.1 Å². The summed E-state index contributed by atoms with van der Waals surface area (Å²) in [6, 6.07) is 4.85. The minimum absolute atomic E-state index is 0.0757. The molecule has 10 heteroatoms. The number of rotatable bonds is 6. The van der Waals surface area contributed by atoms with Gasteiger partial charge in [-0.15, -0.1) is 13.2 Å². The lowest BCUT2D eigenvalue weighted by Gasteiger charge is -2.17. The lowest BCUT2D eigenvalue weighted by molar-refractivity contribution is -0.274. The summed E-state index contributed by atoms with van der Waals surface area (Å²) < 4.78 is 65.6. The van der Waals surface area contributed by atoms with Crippen LogP contribution >= 0.6 is 0 Å². The number of amides is 1. The van der Waals surface area contributed by atoms with Crippen LogP contribution in [-0.4, -0.2) is 45.2 Å². The monoisotopic (exact) mass is 378 g/mol. The van der Waals surface area contributed by atoms with Gasteiger partial charge in [-0.2, -0.15) is 0 Å². The van der Waals surface area contributed by atoms with E-state index in [0.29, 0.717) is 19.5 Å². The summed E-state index contributed by atoms with van der Waals surface area (Å²) in [7, 11) is -3.53. The third kappa shape index (κ3) is 5.75. The summed E-state index contributed by atoms with van der Waals surface area (Å²) in [5.74, 6) is -0.970. The first-order chi connectivity index (χ1) is 11.6. The molecule has 1 aliphatic rings. The number of likely N-dealkylation sites (tertiary alicyclic amines) is 1. The Labute approximate surface area is 143 Å². The number of nitrogens with one attached hydrogen (secondary N) is 1. The van der Waals surface area contributed by atoms with Gasteiger partial charge < -0.3 is 9.64 Å².